The van der Waals surface area contributed by atoms with E-state index in [1.807, 2.05) is 50.2 Å². The van der Waals surface area contributed by atoms with E-state index in [1.54, 1.807) is 24.3 Å². The van der Waals surface area contributed by atoms with Crippen LogP contribution in [-0.4, -0.2) is 22.0 Å². The Kier molecular flexibility index (Phi) is 5.89. The summed E-state index contributed by atoms with van der Waals surface area (Å²) in [6, 6.07) is 17.7. The number of amides is 1. The summed E-state index contributed by atoms with van der Waals surface area (Å²) < 4.78 is 5.86. The highest BCUT2D eigenvalue weighted by atomic mass is 16.4. The molecule has 0 aliphatic heterocycles. The molecule has 0 saturated heterocycles. The Hall–Kier alpha value is -3.41. The smallest absolute Gasteiger partial charge is 0.305 e. The normalized spacial score (nSPS) is 12.0. The van der Waals surface area contributed by atoms with Gasteiger partial charge in [0.2, 0.25) is 5.89 Å². The number of aromatic nitrogens is 1. The SMILES string of the molecule is CC(C)c1oc(-c2ccccc2)nc1C(=O)N[C@@H](CC(=O)O)c1ccccc1. The van der Waals surface area contributed by atoms with Gasteiger partial charge in [-0.1, -0.05) is 62.4 Å². The van der Waals surface area contributed by atoms with Crippen molar-refractivity contribution in [3.8, 4) is 11.5 Å². The minimum atomic E-state index is -0.997. The number of carboxylic acid groups (broad SMARTS) is 1. The first-order valence-electron chi connectivity index (χ1n) is 9.09. The van der Waals surface area contributed by atoms with Gasteiger partial charge in [0.25, 0.3) is 5.91 Å². The number of carbonyl (C=O) groups excluding carboxylic acids is 1. The summed E-state index contributed by atoms with van der Waals surface area (Å²) in [5.41, 5.74) is 1.67. The second-order valence-electron chi connectivity index (χ2n) is 6.79. The number of nitrogens with zero attached hydrogens (tertiary/aromatic N) is 1. The maximum absolute atomic E-state index is 13.0. The molecule has 0 fully saturated rings. The van der Waals surface area contributed by atoms with Gasteiger partial charge in [-0.05, 0) is 17.7 Å². The molecule has 2 aromatic carbocycles. The second kappa shape index (κ2) is 8.52. The van der Waals surface area contributed by atoms with Crippen molar-refractivity contribution in [2.75, 3.05) is 0 Å². The Labute approximate surface area is 163 Å². The third-order valence-corrected chi connectivity index (χ3v) is 4.30. The van der Waals surface area contributed by atoms with E-state index in [9.17, 15) is 14.7 Å². The Morgan fingerprint density at radius 2 is 1.64 bits per heavy atom. The number of nitrogens with one attached hydrogen (secondary N) is 1. The lowest BCUT2D eigenvalue weighted by molar-refractivity contribution is -0.137. The number of carboxylic acids is 1. The Morgan fingerprint density at radius 3 is 2.21 bits per heavy atom. The van der Waals surface area contributed by atoms with E-state index in [1.165, 1.54) is 0 Å². The molecule has 3 rings (SSSR count). The quantitative estimate of drug-likeness (QED) is 0.635. The first-order chi connectivity index (χ1) is 13.5. The number of hydrogen-bond acceptors (Lipinski definition) is 4. The zero-order valence-corrected chi connectivity index (χ0v) is 15.8. The van der Waals surface area contributed by atoms with Gasteiger partial charge in [-0.25, -0.2) is 4.98 Å². The first kappa shape index (κ1) is 19.4. The van der Waals surface area contributed by atoms with Crippen molar-refractivity contribution in [1.29, 1.82) is 0 Å². The molecule has 2 N–H and O–H groups in total. The van der Waals surface area contributed by atoms with Crippen molar-refractivity contribution in [3.63, 3.8) is 0 Å². The number of benzene rings is 2. The summed E-state index contributed by atoms with van der Waals surface area (Å²) in [4.78, 5) is 28.6. The highest BCUT2D eigenvalue weighted by molar-refractivity contribution is 5.94. The van der Waals surface area contributed by atoms with Crippen LogP contribution in [0.15, 0.2) is 65.1 Å². The first-order valence-corrected chi connectivity index (χ1v) is 9.09. The fourth-order valence-electron chi connectivity index (χ4n) is 2.93. The van der Waals surface area contributed by atoms with E-state index in [4.69, 9.17) is 4.42 Å². The molecule has 0 bridgehead atoms. The molecule has 0 aliphatic carbocycles. The van der Waals surface area contributed by atoms with Gasteiger partial charge in [-0.3, -0.25) is 9.59 Å². The van der Waals surface area contributed by atoms with Crippen LogP contribution in [0.3, 0.4) is 0 Å². The molecule has 0 radical (unpaired) electrons. The van der Waals surface area contributed by atoms with Crippen molar-refractivity contribution in [3.05, 3.63) is 77.7 Å². The minimum Gasteiger partial charge on any atom is -0.481 e. The molecule has 1 heterocycles. The van der Waals surface area contributed by atoms with Crippen LogP contribution >= 0.6 is 0 Å². The zero-order valence-electron chi connectivity index (χ0n) is 15.8. The number of hydrogen-bond donors (Lipinski definition) is 2. The van der Waals surface area contributed by atoms with Gasteiger partial charge in [-0.15, -0.1) is 0 Å². The molecule has 0 spiro atoms. The lowest BCUT2D eigenvalue weighted by Crippen LogP contribution is -2.31. The van der Waals surface area contributed by atoms with Crippen LogP contribution in [0.2, 0.25) is 0 Å². The molecule has 0 aliphatic rings. The summed E-state index contributed by atoms with van der Waals surface area (Å²) >= 11 is 0. The predicted molar refractivity (Wildman–Crippen MR) is 105 cm³/mol. The van der Waals surface area contributed by atoms with Gasteiger partial charge in [0.1, 0.15) is 5.76 Å². The Morgan fingerprint density at radius 1 is 1.04 bits per heavy atom. The second-order valence-corrected chi connectivity index (χ2v) is 6.79. The summed E-state index contributed by atoms with van der Waals surface area (Å²) in [6.07, 6.45) is -0.226. The van der Waals surface area contributed by atoms with Gasteiger partial charge in [0, 0.05) is 11.5 Å². The van der Waals surface area contributed by atoms with E-state index >= 15 is 0 Å². The lowest BCUT2D eigenvalue weighted by atomic mass is 10.0. The highest BCUT2D eigenvalue weighted by Gasteiger charge is 2.26. The summed E-state index contributed by atoms with van der Waals surface area (Å²) in [6.45, 7) is 3.83. The maximum atomic E-state index is 13.0. The standard InChI is InChI=1S/C22H22N2O4/c1-14(2)20-19(24-22(28-20)16-11-7-4-8-12-16)21(27)23-17(13-18(25)26)15-9-5-3-6-10-15/h3-12,14,17H,13H2,1-2H3,(H,23,27)(H,25,26)/t17-/m0/s1. The van der Waals surface area contributed by atoms with Crippen LogP contribution in [0.5, 0.6) is 0 Å². The molecule has 0 saturated carbocycles. The molecule has 1 aromatic heterocycles. The monoisotopic (exact) mass is 378 g/mol. The molecule has 1 atom stereocenters. The van der Waals surface area contributed by atoms with Crippen LogP contribution in [0.1, 0.15) is 54.0 Å². The molecule has 3 aromatic rings. The Balaban J connectivity index is 1.92. The van der Waals surface area contributed by atoms with Crippen molar-refractivity contribution in [2.24, 2.45) is 0 Å². The van der Waals surface area contributed by atoms with Gasteiger partial charge < -0.3 is 14.8 Å². The van der Waals surface area contributed by atoms with Crippen molar-refractivity contribution in [2.45, 2.75) is 32.2 Å². The van der Waals surface area contributed by atoms with Gasteiger partial charge in [0.15, 0.2) is 5.69 Å². The van der Waals surface area contributed by atoms with E-state index in [0.717, 1.165) is 11.1 Å². The fourth-order valence-corrected chi connectivity index (χ4v) is 2.93. The molecule has 0 unspecified atom stereocenters. The highest BCUT2D eigenvalue weighted by Crippen LogP contribution is 2.28. The van der Waals surface area contributed by atoms with Crippen LogP contribution in [0, 0.1) is 0 Å². The molecule has 28 heavy (non-hydrogen) atoms. The fraction of sp³-hybridized carbons (Fsp3) is 0.227. The largest absolute Gasteiger partial charge is 0.481 e. The average molecular weight is 378 g/mol. The number of aliphatic carboxylic acids is 1. The molecule has 144 valence electrons. The average Bonchev–Trinajstić information content (AvgIpc) is 3.14. The third kappa shape index (κ3) is 4.46. The Bertz CT molecular complexity index is 949. The van der Waals surface area contributed by atoms with Gasteiger partial charge in [0.05, 0.1) is 12.5 Å². The van der Waals surface area contributed by atoms with Crippen LogP contribution < -0.4 is 5.32 Å². The summed E-state index contributed by atoms with van der Waals surface area (Å²) in [5.74, 6) is -0.670. The molecule has 1 amide bonds. The predicted octanol–water partition coefficient (Wildman–Crippen LogP) is 4.41. The number of rotatable bonds is 7. The summed E-state index contributed by atoms with van der Waals surface area (Å²) in [7, 11) is 0. The zero-order chi connectivity index (χ0) is 20.1. The van der Waals surface area contributed by atoms with Gasteiger partial charge in [-0.2, -0.15) is 0 Å². The number of carbonyl (C=O) groups is 2. The van der Waals surface area contributed by atoms with Crippen LogP contribution in [-0.2, 0) is 4.79 Å². The number of oxazole rings is 1. The van der Waals surface area contributed by atoms with Crippen LogP contribution in [0.25, 0.3) is 11.5 Å². The lowest BCUT2D eigenvalue weighted by Gasteiger charge is -2.17. The molecule has 6 heteroatoms. The minimum absolute atomic E-state index is 0.0552. The summed E-state index contributed by atoms with van der Waals surface area (Å²) in [5, 5.41) is 12.0. The third-order valence-electron chi connectivity index (χ3n) is 4.30. The molecular formula is C22H22N2O4. The van der Waals surface area contributed by atoms with Crippen molar-refractivity contribution < 1.29 is 19.1 Å². The van der Waals surface area contributed by atoms with Crippen molar-refractivity contribution >= 4 is 11.9 Å². The topological polar surface area (TPSA) is 92.4 Å². The molecular weight excluding hydrogens is 356 g/mol. The van der Waals surface area contributed by atoms with Gasteiger partial charge >= 0.3 is 5.97 Å². The van der Waals surface area contributed by atoms with E-state index in [0.29, 0.717) is 11.7 Å². The van der Waals surface area contributed by atoms with Crippen molar-refractivity contribution in [1.82, 2.24) is 10.3 Å². The van der Waals surface area contributed by atoms with E-state index in [2.05, 4.69) is 10.3 Å². The van der Waals surface area contributed by atoms with E-state index in [-0.39, 0.29) is 18.0 Å². The maximum Gasteiger partial charge on any atom is 0.305 e. The van der Waals surface area contributed by atoms with Crippen LogP contribution in [0.4, 0.5) is 0 Å². The molecule has 6 nitrogen and oxygen atoms in total. The van der Waals surface area contributed by atoms with E-state index < -0.39 is 17.9 Å².